The normalized spacial score (nSPS) is 9.87. The molecule has 0 atom stereocenters. The van der Waals surface area contributed by atoms with Crippen LogP contribution in [0.3, 0.4) is 0 Å². The van der Waals surface area contributed by atoms with Gasteiger partial charge in [0.1, 0.15) is 0 Å². The molecule has 0 aliphatic rings. The van der Waals surface area contributed by atoms with Gasteiger partial charge >= 0.3 is 5.69 Å². The minimum Gasteiger partial charge on any atom is -0.272 e. The number of hydrogen-bond donors (Lipinski definition) is 1. The maximum atomic E-state index is 10.7. The number of nitrogens with one attached hydrogen (secondary N) is 1. The molecule has 0 radical (unpaired) electrons. The molecule has 0 unspecified atom stereocenters. The van der Waals surface area contributed by atoms with Gasteiger partial charge in [-0.15, -0.1) is 0 Å². The molecule has 0 saturated heterocycles. The third kappa shape index (κ3) is 1.93. The van der Waals surface area contributed by atoms with E-state index in [0.717, 1.165) is 0 Å². The van der Waals surface area contributed by atoms with Crippen LogP contribution in [0.2, 0.25) is 0 Å². The van der Waals surface area contributed by atoms with E-state index in [2.05, 4.69) is 10.4 Å². The van der Waals surface area contributed by atoms with Crippen molar-refractivity contribution in [1.29, 1.82) is 0 Å². The third-order valence-electron chi connectivity index (χ3n) is 1.82. The molecule has 0 spiro atoms. The molecular weight excluding hydrogens is 196 g/mol. The minimum atomic E-state index is -0.473. The summed E-state index contributed by atoms with van der Waals surface area (Å²) in [5.74, 6) is 0.221. The van der Waals surface area contributed by atoms with Gasteiger partial charge in [0.2, 0.25) is 5.82 Å². The summed E-state index contributed by atoms with van der Waals surface area (Å²) in [7, 11) is 0. The molecule has 2 aromatic rings. The summed E-state index contributed by atoms with van der Waals surface area (Å²) >= 11 is 0. The van der Waals surface area contributed by atoms with Gasteiger partial charge in [-0.3, -0.25) is 20.2 Å². The Labute approximate surface area is 85.3 Å². The Bertz CT molecular complexity index is 467. The van der Waals surface area contributed by atoms with Crippen LogP contribution in [0.15, 0.2) is 42.9 Å². The van der Waals surface area contributed by atoms with Crippen molar-refractivity contribution in [3.63, 3.8) is 0 Å². The zero-order chi connectivity index (χ0) is 10.7. The standard InChI is InChI=1S/C9H8N4O2/c14-13(15)8-4-3-5-10-9(8)11-12-6-1-2-7-12/h1-7H,(H,10,11). The lowest BCUT2D eigenvalue weighted by atomic mass is 10.4. The van der Waals surface area contributed by atoms with E-state index in [0.29, 0.717) is 0 Å². The van der Waals surface area contributed by atoms with Gasteiger partial charge in [-0.1, -0.05) is 0 Å². The number of hydrogen-bond acceptors (Lipinski definition) is 4. The highest BCUT2D eigenvalue weighted by Crippen LogP contribution is 2.20. The molecule has 15 heavy (non-hydrogen) atoms. The molecular formula is C9H8N4O2. The largest absolute Gasteiger partial charge is 0.313 e. The van der Waals surface area contributed by atoms with Gasteiger partial charge in [0.05, 0.1) is 4.92 Å². The average molecular weight is 204 g/mol. The van der Waals surface area contributed by atoms with E-state index in [1.54, 1.807) is 17.1 Å². The van der Waals surface area contributed by atoms with Crippen molar-refractivity contribution in [2.45, 2.75) is 0 Å². The number of anilines is 1. The first kappa shape index (κ1) is 9.20. The molecule has 2 aromatic heterocycles. The Hall–Kier alpha value is -2.37. The summed E-state index contributed by atoms with van der Waals surface area (Å²) in [6.45, 7) is 0. The van der Waals surface area contributed by atoms with Crippen LogP contribution in [0.25, 0.3) is 0 Å². The average Bonchev–Trinajstić information content (AvgIpc) is 2.71. The lowest BCUT2D eigenvalue weighted by Gasteiger charge is -2.05. The highest BCUT2D eigenvalue weighted by atomic mass is 16.6. The van der Waals surface area contributed by atoms with Gasteiger partial charge in [-0.25, -0.2) is 4.98 Å². The molecule has 2 rings (SSSR count). The predicted octanol–water partition coefficient (Wildman–Crippen LogP) is 1.67. The van der Waals surface area contributed by atoms with E-state index in [1.165, 1.54) is 18.3 Å². The van der Waals surface area contributed by atoms with Crippen molar-refractivity contribution < 1.29 is 4.92 Å². The van der Waals surface area contributed by atoms with E-state index in [-0.39, 0.29) is 11.5 Å². The van der Waals surface area contributed by atoms with Crippen LogP contribution < -0.4 is 5.43 Å². The van der Waals surface area contributed by atoms with Crippen molar-refractivity contribution in [1.82, 2.24) is 9.66 Å². The fraction of sp³-hybridized carbons (Fsp3) is 0. The maximum absolute atomic E-state index is 10.7. The van der Waals surface area contributed by atoms with Gasteiger partial charge < -0.3 is 0 Å². The fourth-order valence-electron chi connectivity index (χ4n) is 1.16. The Kier molecular flexibility index (Phi) is 2.32. The van der Waals surface area contributed by atoms with Crippen LogP contribution in [-0.4, -0.2) is 14.6 Å². The summed E-state index contributed by atoms with van der Waals surface area (Å²) < 4.78 is 1.59. The maximum Gasteiger partial charge on any atom is 0.313 e. The van der Waals surface area contributed by atoms with Crippen molar-refractivity contribution >= 4 is 11.5 Å². The summed E-state index contributed by atoms with van der Waals surface area (Å²) in [4.78, 5) is 14.1. The van der Waals surface area contributed by atoms with E-state index < -0.39 is 4.92 Å². The van der Waals surface area contributed by atoms with Gasteiger partial charge in [-0.05, 0) is 18.2 Å². The predicted molar refractivity (Wildman–Crippen MR) is 54.3 cm³/mol. The van der Waals surface area contributed by atoms with Gasteiger partial charge in [0.25, 0.3) is 0 Å². The molecule has 0 saturated carbocycles. The lowest BCUT2D eigenvalue weighted by molar-refractivity contribution is -0.384. The highest BCUT2D eigenvalue weighted by molar-refractivity contribution is 5.54. The SMILES string of the molecule is O=[N+]([O-])c1cccnc1Nn1cccc1. The number of aromatic nitrogens is 2. The van der Waals surface area contributed by atoms with Crippen LogP contribution in [0, 0.1) is 10.1 Å². The van der Waals surface area contributed by atoms with Gasteiger partial charge in [-0.2, -0.15) is 0 Å². The first-order chi connectivity index (χ1) is 7.27. The number of rotatable bonds is 3. The zero-order valence-electron chi connectivity index (χ0n) is 7.70. The topological polar surface area (TPSA) is 73.0 Å². The van der Waals surface area contributed by atoms with Gasteiger partial charge in [0.15, 0.2) is 0 Å². The van der Waals surface area contributed by atoms with Crippen LogP contribution >= 0.6 is 0 Å². The Balaban J connectivity index is 2.32. The molecule has 2 heterocycles. The Morgan fingerprint density at radius 3 is 2.73 bits per heavy atom. The van der Waals surface area contributed by atoms with E-state index in [4.69, 9.17) is 0 Å². The van der Waals surface area contributed by atoms with Crippen LogP contribution in [0.1, 0.15) is 0 Å². The summed E-state index contributed by atoms with van der Waals surface area (Å²) in [5, 5.41) is 10.7. The first-order valence-electron chi connectivity index (χ1n) is 4.27. The molecule has 6 heteroatoms. The van der Waals surface area contributed by atoms with Crippen molar-refractivity contribution in [2.24, 2.45) is 0 Å². The molecule has 0 aliphatic carbocycles. The number of nitro groups is 1. The van der Waals surface area contributed by atoms with Crippen LogP contribution in [0.5, 0.6) is 0 Å². The fourth-order valence-corrected chi connectivity index (χ4v) is 1.16. The first-order valence-corrected chi connectivity index (χ1v) is 4.27. The third-order valence-corrected chi connectivity index (χ3v) is 1.82. The van der Waals surface area contributed by atoms with E-state index in [9.17, 15) is 10.1 Å². The zero-order valence-corrected chi connectivity index (χ0v) is 7.70. The molecule has 0 fully saturated rings. The molecule has 0 bridgehead atoms. The monoisotopic (exact) mass is 204 g/mol. The minimum absolute atomic E-state index is 0.0498. The Morgan fingerprint density at radius 1 is 1.33 bits per heavy atom. The van der Waals surface area contributed by atoms with Crippen molar-refractivity contribution in [3.05, 3.63) is 53.0 Å². The van der Waals surface area contributed by atoms with Gasteiger partial charge in [0, 0.05) is 24.7 Å². The number of pyridine rings is 1. The highest BCUT2D eigenvalue weighted by Gasteiger charge is 2.13. The Morgan fingerprint density at radius 2 is 2.07 bits per heavy atom. The smallest absolute Gasteiger partial charge is 0.272 e. The molecule has 76 valence electrons. The van der Waals surface area contributed by atoms with Crippen molar-refractivity contribution in [3.8, 4) is 0 Å². The second-order valence-corrected chi connectivity index (χ2v) is 2.83. The lowest BCUT2D eigenvalue weighted by Crippen LogP contribution is -2.09. The quantitative estimate of drug-likeness (QED) is 0.609. The summed E-state index contributed by atoms with van der Waals surface area (Å²) in [6, 6.07) is 6.54. The summed E-state index contributed by atoms with van der Waals surface area (Å²) in [5.41, 5.74) is 2.75. The van der Waals surface area contributed by atoms with Crippen molar-refractivity contribution in [2.75, 3.05) is 5.43 Å². The van der Waals surface area contributed by atoms with Crippen LogP contribution in [-0.2, 0) is 0 Å². The second-order valence-electron chi connectivity index (χ2n) is 2.83. The van der Waals surface area contributed by atoms with E-state index >= 15 is 0 Å². The second kappa shape index (κ2) is 3.79. The summed E-state index contributed by atoms with van der Waals surface area (Å²) in [6.07, 6.45) is 4.97. The molecule has 6 nitrogen and oxygen atoms in total. The molecule has 0 amide bonds. The molecule has 0 aliphatic heterocycles. The molecule has 1 N–H and O–H groups in total. The van der Waals surface area contributed by atoms with E-state index in [1.807, 2.05) is 12.1 Å². The number of nitrogens with zero attached hydrogens (tertiary/aromatic N) is 3. The molecule has 0 aromatic carbocycles. The van der Waals surface area contributed by atoms with Crippen LogP contribution in [0.4, 0.5) is 11.5 Å².